The Kier molecular flexibility index (Phi) is 7.48. The Morgan fingerprint density at radius 1 is 1.23 bits per heavy atom. The molecule has 8 nitrogen and oxygen atoms in total. The van der Waals surface area contributed by atoms with Gasteiger partial charge >= 0.3 is 0 Å². The first-order chi connectivity index (χ1) is 14.9. The smallest absolute Gasteiger partial charge is 0.260 e. The maximum Gasteiger partial charge on any atom is 0.260 e. The summed E-state index contributed by atoms with van der Waals surface area (Å²) in [5.74, 6) is -0.289. The Labute approximate surface area is 181 Å². The average molecular weight is 435 g/mol. The number of likely N-dealkylation sites (tertiary alicyclic amines) is 2. The molecule has 1 aromatic carbocycles. The van der Waals surface area contributed by atoms with E-state index in [-0.39, 0.29) is 30.1 Å². The van der Waals surface area contributed by atoms with Crippen LogP contribution in [0.1, 0.15) is 25.7 Å². The normalized spacial score (nSPS) is 20.2. The Morgan fingerprint density at radius 3 is 2.55 bits per heavy atom. The predicted octanol–water partition coefficient (Wildman–Crippen LogP) is 1.20. The second-order valence-electron chi connectivity index (χ2n) is 8.18. The van der Waals surface area contributed by atoms with Crippen molar-refractivity contribution in [2.75, 3.05) is 47.0 Å². The van der Waals surface area contributed by atoms with Gasteiger partial charge in [-0.3, -0.25) is 14.4 Å². The lowest BCUT2D eigenvalue weighted by molar-refractivity contribution is -0.143. The number of carbonyl (C=O) groups excluding carboxylic acids is 3. The van der Waals surface area contributed by atoms with Crippen LogP contribution in [0.2, 0.25) is 0 Å². The minimum atomic E-state index is -0.599. The third-order valence-electron chi connectivity index (χ3n) is 6.20. The van der Waals surface area contributed by atoms with Crippen molar-refractivity contribution in [1.82, 2.24) is 15.1 Å². The molecular formula is C22H30FN3O5. The lowest BCUT2D eigenvalue weighted by Crippen LogP contribution is -2.47. The van der Waals surface area contributed by atoms with Crippen molar-refractivity contribution in [3.8, 4) is 5.75 Å². The van der Waals surface area contributed by atoms with Gasteiger partial charge in [-0.25, -0.2) is 4.39 Å². The molecule has 2 aliphatic rings. The Hall–Kier alpha value is -2.68. The summed E-state index contributed by atoms with van der Waals surface area (Å²) in [6.07, 6.45) is 2.22. The van der Waals surface area contributed by atoms with Gasteiger partial charge in [-0.1, -0.05) is 0 Å². The van der Waals surface area contributed by atoms with Crippen molar-refractivity contribution in [3.63, 3.8) is 0 Å². The van der Waals surface area contributed by atoms with E-state index in [1.807, 2.05) is 0 Å². The van der Waals surface area contributed by atoms with Gasteiger partial charge in [0.2, 0.25) is 11.8 Å². The highest BCUT2D eigenvalue weighted by Gasteiger charge is 2.53. The minimum absolute atomic E-state index is 0.0285. The fourth-order valence-corrected chi connectivity index (χ4v) is 4.29. The van der Waals surface area contributed by atoms with Crippen LogP contribution < -0.4 is 10.1 Å². The number of hydrogen-bond acceptors (Lipinski definition) is 5. The minimum Gasteiger partial charge on any atom is -0.484 e. The molecule has 3 rings (SSSR count). The van der Waals surface area contributed by atoms with E-state index < -0.39 is 11.5 Å². The van der Waals surface area contributed by atoms with E-state index in [1.54, 1.807) is 24.0 Å². The number of nitrogens with zero attached hydrogens (tertiary/aromatic N) is 2. The van der Waals surface area contributed by atoms with Crippen LogP contribution in [-0.2, 0) is 19.1 Å². The number of nitrogens with one attached hydrogen (secondary N) is 1. The lowest BCUT2D eigenvalue weighted by Gasteiger charge is -2.37. The number of halogens is 1. The van der Waals surface area contributed by atoms with Gasteiger partial charge in [-0.2, -0.15) is 0 Å². The van der Waals surface area contributed by atoms with E-state index in [2.05, 4.69) is 5.32 Å². The van der Waals surface area contributed by atoms with Crippen LogP contribution in [0.3, 0.4) is 0 Å². The van der Waals surface area contributed by atoms with Gasteiger partial charge < -0.3 is 24.6 Å². The van der Waals surface area contributed by atoms with Crippen LogP contribution in [0.25, 0.3) is 0 Å². The first kappa shape index (κ1) is 23.0. The van der Waals surface area contributed by atoms with E-state index >= 15 is 0 Å². The highest BCUT2D eigenvalue weighted by Crippen LogP contribution is 2.44. The molecule has 0 aliphatic carbocycles. The molecule has 2 aliphatic heterocycles. The number of ether oxygens (including phenoxy) is 2. The first-order valence-corrected chi connectivity index (χ1v) is 10.6. The Morgan fingerprint density at radius 2 is 1.90 bits per heavy atom. The van der Waals surface area contributed by atoms with E-state index in [9.17, 15) is 18.8 Å². The van der Waals surface area contributed by atoms with Crippen LogP contribution in [0, 0.1) is 11.2 Å². The van der Waals surface area contributed by atoms with Crippen LogP contribution >= 0.6 is 0 Å². The number of likely N-dealkylation sites (N-methyl/N-ethyl adjacent to an activating group) is 1. The summed E-state index contributed by atoms with van der Waals surface area (Å²) >= 11 is 0. The van der Waals surface area contributed by atoms with E-state index in [1.165, 1.54) is 24.3 Å². The summed E-state index contributed by atoms with van der Waals surface area (Å²) < 4.78 is 23.4. The summed E-state index contributed by atoms with van der Waals surface area (Å²) in [5.41, 5.74) is -0.599. The maximum atomic E-state index is 13.0. The topological polar surface area (TPSA) is 88.2 Å². The van der Waals surface area contributed by atoms with Crippen molar-refractivity contribution < 1.29 is 28.2 Å². The molecule has 3 amide bonds. The number of hydrogen-bond donors (Lipinski definition) is 1. The second-order valence-corrected chi connectivity index (χ2v) is 8.18. The zero-order chi connectivity index (χ0) is 22.4. The highest BCUT2D eigenvalue weighted by molar-refractivity contribution is 5.94. The third-order valence-corrected chi connectivity index (χ3v) is 6.20. The van der Waals surface area contributed by atoms with Gasteiger partial charge in [0.05, 0.1) is 5.41 Å². The van der Waals surface area contributed by atoms with Gasteiger partial charge in [0.1, 0.15) is 17.6 Å². The molecule has 1 N–H and O–H groups in total. The molecule has 0 radical (unpaired) electrons. The van der Waals surface area contributed by atoms with Crippen LogP contribution in [0.15, 0.2) is 24.3 Å². The summed E-state index contributed by atoms with van der Waals surface area (Å²) in [5, 5.41) is 2.88. The zero-order valence-corrected chi connectivity index (χ0v) is 18.1. The van der Waals surface area contributed by atoms with Crippen LogP contribution in [-0.4, -0.2) is 80.6 Å². The number of rotatable bonds is 8. The molecule has 2 heterocycles. The molecule has 0 saturated carbocycles. The van der Waals surface area contributed by atoms with E-state index in [0.29, 0.717) is 51.3 Å². The zero-order valence-electron chi connectivity index (χ0n) is 18.1. The molecule has 170 valence electrons. The second kappa shape index (κ2) is 10.1. The van der Waals surface area contributed by atoms with Crippen molar-refractivity contribution >= 4 is 17.7 Å². The largest absolute Gasteiger partial charge is 0.484 e. The molecule has 1 spiro atoms. The molecule has 1 aromatic rings. The Balaban J connectivity index is 1.50. The summed E-state index contributed by atoms with van der Waals surface area (Å²) in [7, 11) is 3.28. The number of methoxy groups -OCH3 is 1. The van der Waals surface area contributed by atoms with Crippen molar-refractivity contribution in [1.29, 1.82) is 0 Å². The van der Waals surface area contributed by atoms with Gasteiger partial charge in [0.15, 0.2) is 6.61 Å². The fraction of sp³-hybridized carbons (Fsp3) is 0.591. The van der Waals surface area contributed by atoms with E-state index in [4.69, 9.17) is 9.47 Å². The lowest BCUT2D eigenvalue weighted by atomic mass is 9.76. The molecule has 1 atom stereocenters. The first-order valence-electron chi connectivity index (χ1n) is 10.6. The number of piperidine rings is 1. The van der Waals surface area contributed by atoms with Crippen molar-refractivity contribution in [2.24, 2.45) is 5.41 Å². The van der Waals surface area contributed by atoms with Crippen molar-refractivity contribution in [3.05, 3.63) is 30.1 Å². The fourth-order valence-electron chi connectivity index (χ4n) is 4.29. The van der Waals surface area contributed by atoms with E-state index in [0.717, 1.165) is 6.42 Å². The number of carbonyl (C=O) groups is 3. The Bertz CT molecular complexity index is 793. The predicted molar refractivity (Wildman–Crippen MR) is 111 cm³/mol. The van der Waals surface area contributed by atoms with Gasteiger partial charge in [0, 0.05) is 40.4 Å². The van der Waals surface area contributed by atoms with Gasteiger partial charge in [-0.05, 0) is 49.9 Å². The van der Waals surface area contributed by atoms with Crippen LogP contribution in [0.4, 0.5) is 4.39 Å². The summed E-state index contributed by atoms with van der Waals surface area (Å²) in [6.45, 7) is 1.81. The molecular weight excluding hydrogens is 405 g/mol. The summed E-state index contributed by atoms with van der Waals surface area (Å²) in [6, 6.07) is 5.01. The van der Waals surface area contributed by atoms with Crippen molar-refractivity contribution in [2.45, 2.75) is 31.7 Å². The highest BCUT2D eigenvalue weighted by atomic mass is 19.1. The molecule has 0 aromatic heterocycles. The number of amides is 3. The maximum absolute atomic E-state index is 13.0. The molecule has 1 unspecified atom stereocenters. The summed E-state index contributed by atoms with van der Waals surface area (Å²) in [4.78, 5) is 41.2. The monoisotopic (exact) mass is 435 g/mol. The van der Waals surface area contributed by atoms with Crippen LogP contribution in [0.5, 0.6) is 5.75 Å². The molecule has 9 heteroatoms. The molecule has 2 fully saturated rings. The molecule has 2 saturated heterocycles. The standard InChI is InChI=1S/C22H30FN3O5/c1-25-18(20(28)24-10-3-13-30-2)14-22(21(25)29)8-11-26(12-9-22)19(27)15-31-17-6-4-16(23)5-7-17/h4-7,18H,3,8-15H2,1-2H3,(H,24,28). The van der Waals surface area contributed by atoms with Gasteiger partial charge in [0.25, 0.3) is 5.91 Å². The molecule has 0 bridgehead atoms. The SMILES string of the molecule is COCCCNC(=O)C1CC2(CCN(C(=O)COc3ccc(F)cc3)CC2)C(=O)N1C. The third kappa shape index (κ3) is 5.33. The molecule has 31 heavy (non-hydrogen) atoms. The number of benzene rings is 1. The van der Waals surface area contributed by atoms with Gasteiger partial charge in [-0.15, -0.1) is 0 Å². The quantitative estimate of drug-likeness (QED) is 0.620. The average Bonchev–Trinajstić information content (AvgIpc) is 3.02.